The Balaban J connectivity index is 1.63. The van der Waals surface area contributed by atoms with Crippen molar-refractivity contribution in [3.63, 3.8) is 0 Å². The van der Waals surface area contributed by atoms with Crippen molar-refractivity contribution in [1.29, 1.82) is 0 Å². The molecule has 0 fully saturated rings. The first-order valence-electron chi connectivity index (χ1n) is 10.8. The van der Waals surface area contributed by atoms with Crippen molar-refractivity contribution < 1.29 is 22.4 Å². The zero-order valence-corrected chi connectivity index (χ0v) is 18.4. The van der Waals surface area contributed by atoms with E-state index in [1.807, 2.05) is 44.2 Å². The van der Waals surface area contributed by atoms with E-state index < -0.39 is 11.7 Å². The number of aryl methyl sites for hydroxylation is 1. The third kappa shape index (κ3) is 4.65. The number of rotatable bonds is 5. The van der Waals surface area contributed by atoms with Crippen molar-refractivity contribution in [1.82, 2.24) is 0 Å². The monoisotopic (exact) mass is 455 g/mol. The fraction of sp³-hybridized carbons (Fsp3) is 0.280. The van der Waals surface area contributed by atoms with Crippen molar-refractivity contribution in [2.75, 3.05) is 16.9 Å². The number of nitrogens with one attached hydrogen (secondary N) is 1. The van der Waals surface area contributed by atoms with Gasteiger partial charge in [0.1, 0.15) is 5.76 Å². The molecule has 1 aliphatic carbocycles. The van der Waals surface area contributed by atoms with Crippen LogP contribution in [0.5, 0.6) is 0 Å². The smallest absolute Gasteiger partial charge is 0.416 e. The molecule has 1 amide bonds. The third-order valence-corrected chi connectivity index (χ3v) is 5.66. The SMILES string of the molecule is CCN(C(=O)c1oc2c(c1C)/C(=N/Nc1cccc(C(F)(F)F)c1)CCC2)c1ccccc1. The highest BCUT2D eigenvalue weighted by Gasteiger charge is 2.31. The van der Waals surface area contributed by atoms with E-state index in [2.05, 4.69) is 10.5 Å². The number of hydrogen-bond acceptors (Lipinski definition) is 4. The molecule has 1 aromatic heterocycles. The number of hydrazone groups is 1. The van der Waals surface area contributed by atoms with Crippen LogP contribution in [-0.4, -0.2) is 18.2 Å². The molecule has 3 aromatic rings. The Labute approximate surface area is 189 Å². The Kier molecular flexibility index (Phi) is 6.26. The number of halogens is 3. The fourth-order valence-electron chi connectivity index (χ4n) is 4.06. The van der Waals surface area contributed by atoms with Crippen LogP contribution in [0.25, 0.3) is 0 Å². The second kappa shape index (κ2) is 9.13. The van der Waals surface area contributed by atoms with Gasteiger partial charge in [-0.3, -0.25) is 10.2 Å². The maximum absolute atomic E-state index is 13.3. The van der Waals surface area contributed by atoms with Gasteiger partial charge in [0.15, 0.2) is 5.76 Å². The first kappa shape index (κ1) is 22.6. The van der Waals surface area contributed by atoms with E-state index in [-0.39, 0.29) is 17.4 Å². The summed E-state index contributed by atoms with van der Waals surface area (Å²) in [5, 5.41) is 4.39. The molecule has 0 bridgehead atoms. The van der Waals surface area contributed by atoms with Crippen LogP contribution >= 0.6 is 0 Å². The molecule has 33 heavy (non-hydrogen) atoms. The fourth-order valence-corrected chi connectivity index (χ4v) is 4.06. The number of fused-ring (bicyclic) bond motifs is 1. The highest BCUT2D eigenvalue weighted by Crippen LogP contribution is 2.33. The van der Waals surface area contributed by atoms with Gasteiger partial charge in [0, 0.05) is 29.8 Å². The molecular formula is C25H24F3N3O2. The minimum Gasteiger partial charge on any atom is -0.455 e. The predicted molar refractivity (Wildman–Crippen MR) is 122 cm³/mol. The summed E-state index contributed by atoms with van der Waals surface area (Å²) in [5.41, 5.74) is 5.12. The van der Waals surface area contributed by atoms with E-state index >= 15 is 0 Å². The summed E-state index contributed by atoms with van der Waals surface area (Å²) in [6, 6.07) is 14.3. The van der Waals surface area contributed by atoms with Crippen molar-refractivity contribution >= 4 is 23.0 Å². The molecular weight excluding hydrogens is 431 g/mol. The molecule has 0 radical (unpaired) electrons. The number of carbonyl (C=O) groups excluding carboxylic acids is 1. The maximum Gasteiger partial charge on any atom is 0.416 e. The normalized spacial score (nSPS) is 14.8. The van der Waals surface area contributed by atoms with Gasteiger partial charge in [-0.25, -0.2) is 0 Å². The van der Waals surface area contributed by atoms with Gasteiger partial charge < -0.3 is 9.32 Å². The number of benzene rings is 2. The lowest BCUT2D eigenvalue weighted by atomic mass is 9.93. The van der Waals surface area contributed by atoms with Crippen LogP contribution in [0, 0.1) is 6.92 Å². The van der Waals surface area contributed by atoms with Gasteiger partial charge in [-0.05, 0) is 57.0 Å². The molecule has 8 heteroatoms. The molecule has 1 aliphatic rings. The third-order valence-electron chi connectivity index (χ3n) is 5.66. The molecule has 2 aromatic carbocycles. The number of carbonyl (C=O) groups is 1. The van der Waals surface area contributed by atoms with Crippen LogP contribution in [-0.2, 0) is 12.6 Å². The van der Waals surface area contributed by atoms with Crippen molar-refractivity contribution in [2.45, 2.75) is 39.3 Å². The average molecular weight is 455 g/mol. The van der Waals surface area contributed by atoms with E-state index in [9.17, 15) is 18.0 Å². The first-order valence-corrected chi connectivity index (χ1v) is 10.8. The Bertz CT molecular complexity index is 1180. The Morgan fingerprint density at radius 1 is 1.12 bits per heavy atom. The summed E-state index contributed by atoms with van der Waals surface area (Å²) in [5.74, 6) is 0.705. The van der Waals surface area contributed by atoms with Crippen LogP contribution in [0.4, 0.5) is 24.5 Å². The molecule has 0 unspecified atom stereocenters. The van der Waals surface area contributed by atoms with Gasteiger partial charge >= 0.3 is 6.18 Å². The summed E-state index contributed by atoms with van der Waals surface area (Å²) >= 11 is 0. The molecule has 1 N–H and O–H groups in total. The van der Waals surface area contributed by atoms with Crippen molar-refractivity contribution in [3.05, 3.63) is 82.8 Å². The number of para-hydroxylation sites is 1. The zero-order chi connectivity index (χ0) is 23.6. The largest absolute Gasteiger partial charge is 0.455 e. The van der Waals surface area contributed by atoms with E-state index in [0.29, 0.717) is 36.4 Å². The van der Waals surface area contributed by atoms with Crippen LogP contribution in [0.3, 0.4) is 0 Å². The zero-order valence-electron chi connectivity index (χ0n) is 18.4. The van der Waals surface area contributed by atoms with Crippen LogP contribution in [0.15, 0.2) is 64.1 Å². The summed E-state index contributed by atoms with van der Waals surface area (Å²) in [6.07, 6.45) is -2.36. The molecule has 172 valence electrons. The number of furan rings is 1. The van der Waals surface area contributed by atoms with E-state index in [1.54, 1.807) is 4.90 Å². The molecule has 5 nitrogen and oxygen atoms in total. The predicted octanol–water partition coefficient (Wildman–Crippen LogP) is 6.43. The topological polar surface area (TPSA) is 57.8 Å². The summed E-state index contributed by atoms with van der Waals surface area (Å²) < 4.78 is 45.0. The second-order valence-electron chi connectivity index (χ2n) is 7.84. The number of anilines is 2. The number of alkyl halides is 3. The van der Waals surface area contributed by atoms with E-state index in [4.69, 9.17) is 4.42 Å². The molecule has 0 aliphatic heterocycles. The van der Waals surface area contributed by atoms with Crippen LogP contribution < -0.4 is 10.3 Å². The quantitative estimate of drug-likeness (QED) is 0.451. The Hall–Kier alpha value is -3.55. The van der Waals surface area contributed by atoms with Gasteiger partial charge in [-0.1, -0.05) is 24.3 Å². The summed E-state index contributed by atoms with van der Waals surface area (Å²) in [7, 11) is 0. The van der Waals surface area contributed by atoms with Crippen LogP contribution in [0.2, 0.25) is 0 Å². The van der Waals surface area contributed by atoms with Gasteiger partial charge in [0.2, 0.25) is 0 Å². The van der Waals surface area contributed by atoms with Crippen molar-refractivity contribution in [2.24, 2.45) is 5.10 Å². The Morgan fingerprint density at radius 3 is 2.58 bits per heavy atom. The number of nitrogens with zero attached hydrogens (tertiary/aromatic N) is 2. The Morgan fingerprint density at radius 2 is 1.88 bits per heavy atom. The lowest BCUT2D eigenvalue weighted by molar-refractivity contribution is -0.137. The van der Waals surface area contributed by atoms with Gasteiger partial charge in [-0.15, -0.1) is 0 Å². The van der Waals surface area contributed by atoms with Gasteiger partial charge in [-0.2, -0.15) is 18.3 Å². The molecule has 0 atom stereocenters. The second-order valence-corrected chi connectivity index (χ2v) is 7.84. The number of hydrogen-bond donors (Lipinski definition) is 1. The van der Waals surface area contributed by atoms with E-state index in [0.717, 1.165) is 29.8 Å². The average Bonchev–Trinajstić information content (AvgIpc) is 3.15. The lowest BCUT2D eigenvalue weighted by Crippen LogP contribution is -2.30. The highest BCUT2D eigenvalue weighted by atomic mass is 19.4. The molecule has 0 spiro atoms. The minimum absolute atomic E-state index is 0.235. The standard InChI is InChI=1S/C25H24F3N3O2/c1-3-31(19-11-5-4-6-12-19)24(32)23-16(2)22-20(13-8-14-21(22)33-23)30-29-18-10-7-9-17(15-18)25(26,27)28/h4-7,9-12,15,29H,3,8,13-14H2,1-2H3/b30-20+. The summed E-state index contributed by atoms with van der Waals surface area (Å²) in [6.45, 7) is 4.19. The lowest BCUT2D eigenvalue weighted by Gasteiger charge is -2.20. The first-order chi connectivity index (χ1) is 15.8. The van der Waals surface area contributed by atoms with Crippen LogP contribution in [0.1, 0.15) is 52.8 Å². The molecule has 0 saturated carbocycles. The summed E-state index contributed by atoms with van der Waals surface area (Å²) in [4.78, 5) is 15.0. The minimum atomic E-state index is -4.43. The van der Waals surface area contributed by atoms with Gasteiger partial charge in [0.05, 0.1) is 17.0 Å². The molecule has 4 rings (SSSR count). The van der Waals surface area contributed by atoms with E-state index in [1.165, 1.54) is 12.1 Å². The highest BCUT2D eigenvalue weighted by molar-refractivity contribution is 6.10. The van der Waals surface area contributed by atoms with Gasteiger partial charge in [0.25, 0.3) is 5.91 Å². The molecule has 1 heterocycles. The van der Waals surface area contributed by atoms with Crippen molar-refractivity contribution in [3.8, 4) is 0 Å². The number of amides is 1. The maximum atomic E-state index is 13.3. The molecule has 0 saturated heterocycles.